The zero-order valence-corrected chi connectivity index (χ0v) is 14.2. The molecule has 0 aliphatic rings. The standard InChI is InChI=1S/C16H26N2O2S/c1-16(2,3)20-15(19)18-14-8-6-13(7-9-14)12-17-10-5-11-21-4/h6-9,17H,5,10-12H2,1-4H3,(H,18,19). The number of carbonyl (C=O) groups excluding carboxylic acids is 1. The number of thioether (sulfide) groups is 1. The lowest BCUT2D eigenvalue weighted by Crippen LogP contribution is -2.27. The fourth-order valence-electron chi connectivity index (χ4n) is 1.70. The molecule has 118 valence electrons. The maximum Gasteiger partial charge on any atom is 0.412 e. The lowest BCUT2D eigenvalue weighted by atomic mass is 10.2. The first kappa shape index (κ1) is 17.9. The fraction of sp³-hybridized carbons (Fsp3) is 0.562. The number of amides is 1. The van der Waals surface area contributed by atoms with Crippen LogP contribution in [-0.2, 0) is 11.3 Å². The van der Waals surface area contributed by atoms with Gasteiger partial charge in [0.1, 0.15) is 5.60 Å². The maximum atomic E-state index is 11.6. The summed E-state index contributed by atoms with van der Waals surface area (Å²) in [5, 5.41) is 6.13. The van der Waals surface area contributed by atoms with Crippen LogP contribution in [0.15, 0.2) is 24.3 Å². The zero-order chi connectivity index (χ0) is 15.7. The molecular formula is C16H26N2O2S. The molecule has 1 amide bonds. The van der Waals surface area contributed by atoms with Crippen LogP contribution in [0.4, 0.5) is 10.5 Å². The molecule has 1 aromatic carbocycles. The minimum Gasteiger partial charge on any atom is -0.444 e. The summed E-state index contributed by atoms with van der Waals surface area (Å²) in [6.07, 6.45) is 2.88. The molecule has 4 nitrogen and oxygen atoms in total. The van der Waals surface area contributed by atoms with E-state index in [1.54, 1.807) is 0 Å². The van der Waals surface area contributed by atoms with Gasteiger partial charge in [0.15, 0.2) is 0 Å². The molecule has 0 aliphatic heterocycles. The largest absolute Gasteiger partial charge is 0.444 e. The maximum absolute atomic E-state index is 11.6. The van der Waals surface area contributed by atoms with Crippen molar-refractivity contribution in [3.05, 3.63) is 29.8 Å². The number of rotatable bonds is 7. The second kappa shape index (κ2) is 8.95. The van der Waals surface area contributed by atoms with Crippen LogP contribution in [0.25, 0.3) is 0 Å². The first-order valence-corrected chi connectivity index (χ1v) is 8.59. The van der Waals surface area contributed by atoms with Crippen LogP contribution in [0, 0.1) is 0 Å². The molecule has 0 aliphatic carbocycles. The molecule has 0 radical (unpaired) electrons. The first-order valence-electron chi connectivity index (χ1n) is 7.19. The van der Waals surface area contributed by atoms with Crippen LogP contribution < -0.4 is 10.6 Å². The molecule has 21 heavy (non-hydrogen) atoms. The molecule has 0 atom stereocenters. The number of hydrogen-bond acceptors (Lipinski definition) is 4. The van der Waals surface area contributed by atoms with Gasteiger partial charge in [0, 0.05) is 12.2 Å². The minimum absolute atomic E-state index is 0.426. The van der Waals surface area contributed by atoms with E-state index >= 15 is 0 Å². The molecule has 0 fully saturated rings. The van der Waals surface area contributed by atoms with Gasteiger partial charge >= 0.3 is 6.09 Å². The van der Waals surface area contributed by atoms with Gasteiger partial charge in [-0.05, 0) is 63.4 Å². The van der Waals surface area contributed by atoms with Gasteiger partial charge in [0.25, 0.3) is 0 Å². The molecule has 0 aromatic heterocycles. The number of benzene rings is 1. The Morgan fingerprint density at radius 3 is 2.48 bits per heavy atom. The highest BCUT2D eigenvalue weighted by Gasteiger charge is 2.15. The lowest BCUT2D eigenvalue weighted by molar-refractivity contribution is 0.0636. The Bertz CT molecular complexity index is 427. The quantitative estimate of drug-likeness (QED) is 0.751. The Balaban J connectivity index is 2.35. The van der Waals surface area contributed by atoms with Crippen molar-refractivity contribution >= 4 is 23.5 Å². The molecule has 0 saturated carbocycles. The predicted molar refractivity (Wildman–Crippen MR) is 91.0 cm³/mol. The van der Waals surface area contributed by atoms with Gasteiger partial charge in [-0.25, -0.2) is 4.79 Å². The summed E-state index contributed by atoms with van der Waals surface area (Å²) >= 11 is 1.87. The Morgan fingerprint density at radius 1 is 1.24 bits per heavy atom. The number of ether oxygens (including phenoxy) is 1. The van der Waals surface area contributed by atoms with Gasteiger partial charge in [-0.15, -0.1) is 0 Å². The monoisotopic (exact) mass is 310 g/mol. The summed E-state index contributed by atoms with van der Waals surface area (Å²) < 4.78 is 5.21. The second-order valence-electron chi connectivity index (χ2n) is 5.85. The summed E-state index contributed by atoms with van der Waals surface area (Å²) in [7, 11) is 0. The highest BCUT2D eigenvalue weighted by Crippen LogP contribution is 2.13. The summed E-state index contributed by atoms with van der Waals surface area (Å²) in [5.41, 5.74) is 1.47. The van der Waals surface area contributed by atoms with E-state index in [4.69, 9.17) is 4.74 Å². The van der Waals surface area contributed by atoms with Crippen molar-refractivity contribution in [1.82, 2.24) is 5.32 Å². The van der Waals surface area contributed by atoms with Gasteiger partial charge in [-0.2, -0.15) is 11.8 Å². The van der Waals surface area contributed by atoms with Crippen LogP contribution in [-0.4, -0.2) is 30.2 Å². The average Bonchev–Trinajstić information content (AvgIpc) is 2.38. The summed E-state index contributed by atoms with van der Waals surface area (Å²) in [4.78, 5) is 11.6. The number of hydrogen-bond donors (Lipinski definition) is 2. The molecule has 2 N–H and O–H groups in total. The average molecular weight is 310 g/mol. The highest BCUT2D eigenvalue weighted by molar-refractivity contribution is 7.98. The van der Waals surface area contributed by atoms with Crippen molar-refractivity contribution in [2.24, 2.45) is 0 Å². The molecule has 1 rings (SSSR count). The van der Waals surface area contributed by atoms with Crippen LogP contribution in [0.2, 0.25) is 0 Å². The van der Waals surface area contributed by atoms with E-state index < -0.39 is 11.7 Å². The van der Waals surface area contributed by atoms with Crippen molar-refractivity contribution in [2.75, 3.05) is 23.9 Å². The topological polar surface area (TPSA) is 50.4 Å². The van der Waals surface area contributed by atoms with Crippen molar-refractivity contribution in [3.8, 4) is 0 Å². The van der Waals surface area contributed by atoms with Gasteiger partial charge in [0.05, 0.1) is 0 Å². The van der Waals surface area contributed by atoms with Crippen molar-refractivity contribution in [1.29, 1.82) is 0 Å². The summed E-state index contributed by atoms with van der Waals surface area (Å²) in [5.74, 6) is 1.19. The van der Waals surface area contributed by atoms with E-state index in [0.29, 0.717) is 0 Å². The molecule has 0 bridgehead atoms. The van der Waals surface area contributed by atoms with Crippen molar-refractivity contribution in [3.63, 3.8) is 0 Å². The second-order valence-corrected chi connectivity index (χ2v) is 6.83. The lowest BCUT2D eigenvalue weighted by Gasteiger charge is -2.19. The third kappa shape index (κ3) is 8.63. The number of carbonyl (C=O) groups is 1. The van der Waals surface area contributed by atoms with Crippen molar-refractivity contribution < 1.29 is 9.53 Å². The van der Waals surface area contributed by atoms with Crippen LogP contribution in [0.5, 0.6) is 0 Å². The fourth-order valence-corrected chi connectivity index (χ4v) is 2.13. The molecule has 0 spiro atoms. The third-order valence-electron chi connectivity index (χ3n) is 2.63. The van der Waals surface area contributed by atoms with Crippen LogP contribution >= 0.6 is 11.8 Å². The van der Waals surface area contributed by atoms with Crippen LogP contribution in [0.3, 0.4) is 0 Å². The number of anilines is 1. The SMILES string of the molecule is CSCCCNCc1ccc(NC(=O)OC(C)(C)C)cc1. The Labute approximate surface area is 132 Å². The van der Waals surface area contributed by atoms with E-state index in [2.05, 4.69) is 16.9 Å². The summed E-state index contributed by atoms with van der Waals surface area (Å²) in [6, 6.07) is 7.80. The molecule has 0 saturated heterocycles. The molecule has 5 heteroatoms. The molecule has 0 unspecified atom stereocenters. The highest BCUT2D eigenvalue weighted by atomic mass is 32.2. The Morgan fingerprint density at radius 2 is 1.90 bits per heavy atom. The normalized spacial score (nSPS) is 11.2. The molecule has 0 heterocycles. The predicted octanol–water partition coefficient (Wildman–Crippen LogP) is 3.88. The van der Waals surface area contributed by atoms with E-state index in [9.17, 15) is 4.79 Å². The van der Waals surface area contributed by atoms with Crippen molar-refractivity contribution in [2.45, 2.75) is 39.3 Å². The van der Waals surface area contributed by atoms with Gasteiger partial charge in [-0.3, -0.25) is 5.32 Å². The van der Waals surface area contributed by atoms with Gasteiger partial charge < -0.3 is 10.1 Å². The van der Waals surface area contributed by atoms with E-state index in [-0.39, 0.29) is 0 Å². The van der Waals surface area contributed by atoms with E-state index in [0.717, 1.165) is 18.8 Å². The number of nitrogens with one attached hydrogen (secondary N) is 2. The smallest absolute Gasteiger partial charge is 0.412 e. The van der Waals surface area contributed by atoms with Gasteiger partial charge in [-0.1, -0.05) is 12.1 Å². The molecule has 1 aromatic rings. The Kier molecular flexibility index (Phi) is 7.61. The Hall–Kier alpha value is -1.20. The van der Waals surface area contributed by atoms with Gasteiger partial charge in [0.2, 0.25) is 0 Å². The van der Waals surface area contributed by atoms with Crippen LogP contribution in [0.1, 0.15) is 32.8 Å². The first-order chi connectivity index (χ1) is 9.90. The minimum atomic E-state index is -0.481. The third-order valence-corrected chi connectivity index (χ3v) is 3.33. The molecular weight excluding hydrogens is 284 g/mol. The summed E-state index contributed by atoms with van der Waals surface area (Å²) in [6.45, 7) is 7.41. The van der Waals surface area contributed by atoms with E-state index in [1.165, 1.54) is 17.7 Å². The zero-order valence-electron chi connectivity index (χ0n) is 13.4. The van der Waals surface area contributed by atoms with E-state index in [1.807, 2.05) is 56.8 Å².